The quantitative estimate of drug-likeness (QED) is 0.859. The molecule has 1 aliphatic heterocycles. The summed E-state index contributed by atoms with van der Waals surface area (Å²) in [6.45, 7) is 1.91. The first-order chi connectivity index (χ1) is 8.79. The molecule has 1 atom stereocenters. The lowest BCUT2D eigenvalue weighted by Gasteiger charge is -2.22. The third kappa shape index (κ3) is 3.80. The highest BCUT2D eigenvalue weighted by Gasteiger charge is 2.21. The van der Waals surface area contributed by atoms with Crippen molar-refractivity contribution in [2.75, 3.05) is 19.8 Å². The average Bonchev–Trinajstić information content (AvgIpc) is 2.46. The summed E-state index contributed by atoms with van der Waals surface area (Å²) < 4.78 is 10.5. The number of rotatable bonds is 4. The Bertz CT molecular complexity index is 388. The molecule has 98 valence electrons. The molecule has 0 radical (unpaired) electrons. The van der Waals surface area contributed by atoms with Crippen LogP contribution in [0.2, 0.25) is 0 Å². The molecule has 1 saturated heterocycles. The molecule has 1 aromatic rings. The Morgan fingerprint density at radius 2 is 2.00 bits per heavy atom. The van der Waals surface area contributed by atoms with Crippen molar-refractivity contribution < 1.29 is 14.3 Å². The second-order valence-corrected chi connectivity index (χ2v) is 4.66. The second-order valence-electron chi connectivity index (χ2n) is 4.10. The van der Waals surface area contributed by atoms with Crippen molar-refractivity contribution in [2.45, 2.75) is 18.0 Å². The highest BCUT2D eigenvalue weighted by atomic mass is 79.9. The third-order valence-electron chi connectivity index (χ3n) is 2.75. The number of carbonyl (C=O) groups is 1. The molecular weight excluding hydrogens is 298 g/mol. The molecule has 1 amide bonds. The summed E-state index contributed by atoms with van der Waals surface area (Å²) in [4.78, 5) is 11.8. The van der Waals surface area contributed by atoms with E-state index in [2.05, 4.69) is 21.2 Å². The summed E-state index contributed by atoms with van der Waals surface area (Å²) in [6, 6.07) is 8.09. The number of hydrogen-bond acceptors (Lipinski definition) is 3. The van der Waals surface area contributed by atoms with E-state index in [1.165, 1.54) is 5.56 Å². The number of amides is 1. The van der Waals surface area contributed by atoms with Gasteiger partial charge in [0.15, 0.2) is 6.10 Å². The molecule has 1 unspecified atom stereocenters. The van der Waals surface area contributed by atoms with E-state index in [9.17, 15) is 4.79 Å². The van der Waals surface area contributed by atoms with Crippen molar-refractivity contribution in [2.24, 2.45) is 0 Å². The fraction of sp³-hybridized carbons (Fsp3) is 0.462. The molecule has 2 rings (SSSR count). The minimum Gasteiger partial charge on any atom is -0.376 e. The molecule has 1 aromatic carbocycles. The first-order valence-corrected chi connectivity index (χ1v) is 7.02. The van der Waals surface area contributed by atoms with Gasteiger partial charge in [0.1, 0.15) is 0 Å². The molecule has 18 heavy (non-hydrogen) atoms. The lowest BCUT2D eigenvalue weighted by Crippen LogP contribution is -2.42. The predicted octanol–water partition coefficient (Wildman–Crippen LogP) is 1.61. The maximum absolute atomic E-state index is 11.8. The molecule has 1 fully saturated rings. The number of hydrogen-bond donors (Lipinski definition) is 1. The monoisotopic (exact) mass is 313 g/mol. The van der Waals surface area contributed by atoms with E-state index in [0.717, 1.165) is 10.9 Å². The average molecular weight is 314 g/mol. The molecule has 1 aliphatic rings. The van der Waals surface area contributed by atoms with Crippen LogP contribution in [0.25, 0.3) is 0 Å². The van der Waals surface area contributed by atoms with Gasteiger partial charge >= 0.3 is 0 Å². The predicted molar refractivity (Wildman–Crippen MR) is 71.5 cm³/mol. The summed E-state index contributed by atoms with van der Waals surface area (Å²) >= 11 is 3.40. The number of carbonyl (C=O) groups excluding carboxylic acids is 1. The molecule has 1 N–H and O–H groups in total. The fourth-order valence-corrected chi connectivity index (χ4v) is 2.06. The number of ether oxygens (including phenoxy) is 2. The molecule has 0 saturated carbocycles. The summed E-state index contributed by atoms with van der Waals surface area (Å²) in [5.74, 6) is -0.112. The van der Waals surface area contributed by atoms with Crippen LogP contribution < -0.4 is 5.32 Å². The van der Waals surface area contributed by atoms with Crippen molar-refractivity contribution in [3.8, 4) is 0 Å². The molecule has 5 heteroatoms. The zero-order chi connectivity index (χ0) is 12.8. The van der Waals surface area contributed by atoms with E-state index in [4.69, 9.17) is 9.47 Å². The van der Waals surface area contributed by atoms with E-state index < -0.39 is 6.10 Å². The van der Waals surface area contributed by atoms with Crippen molar-refractivity contribution in [1.29, 1.82) is 0 Å². The van der Waals surface area contributed by atoms with E-state index in [0.29, 0.717) is 26.4 Å². The minimum atomic E-state index is -0.472. The number of alkyl halides is 1. The van der Waals surface area contributed by atoms with E-state index >= 15 is 0 Å². The Labute approximate surface area is 115 Å². The lowest BCUT2D eigenvalue weighted by molar-refractivity contribution is -0.147. The van der Waals surface area contributed by atoms with Crippen LogP contribution >= 0.6 is 15.9 Å². The molecule has 1 heterocycles. The van der Waals surface area contributed by atoms with Gasteiger partial charge < -0.3 is 14.8 Å². The topological polar surface area (TPSA) is 47.6 Å². The first-order valence-electron chi connectivity index (χ1n) is 5.90. The molecule has 0 aromatic heterocycles. The maximum Gasteiger partial charge on any atom is 0.251 e. The van der Waals surface area contributed by atoms with Gasteiger partial charge in [-0.2, -0.15) is 0 Å². The standard InChI is InChI=1S/C13H16BrNO3/c14-7-10-1-3-11(4-2-10)8-15-13(16)12-9-17-5-6-18-12/h1-4,12H,5-9H2,(H,15,16). The van der Waals surface area contributed by atoms with Gasteiger partial charge in [0, 0.05) is 11.9 Å². The van der Waals surface area contributed by atoms with Gasteiger partial charge in [-0.25, -0.2) is 0 Å². The lowest BCUT2D eigenvalue weighted by atomic mass is 10.1. The normalized spacial score (nSPS) is 19.5. The van der Waals surface area contributed by atoms with E-state index in [-0.39, 0.29) is 5.91 Å². The van der Waals surface area contributed by atoms with Crippen LogP contribution in [0.3, 0.4) is 0 Å². The largest absolute Gasteiger partial charge is 0.376 e. The van der Waals surface area contributed by atoms with E-state index in [1.807, 2.05) is 24.3 Å². The fourth-order valence-electron chi connectivity index (χ4n) is 1.69. The number of benzene rings is 1. The van der Waals surface area contributed by atoms with Crippen LogP contribution in [0.5, 0.6) is 0 Å². The van der Waals surface area contributed by atoms with Gasteiger partial charge in [0.2, 0.25) is 0 Å². The Hall–Kier alpha value is -0.910. The van der Waals surface area contributed by atoms with Crippen molar-refractivity contribution in [3.05, 3.63) is 35.4 Å². The summed E-state index contributed by atoms with van der Waals surface area (Å²) in [5.41, 5.74) is 2.29. The van der Waals surface area contributed by atoms with Crippen LogP contribution in [0.15, 0.2) is 24.3 Å². The van der Waals surface area contributed by atoms with Crippen LogP contribution in [0, 0.1) is 0 Å². The van der Waals surface area contributed by atoms with Crippen LogP contribution in [-0.2, 0) is 26.1 Å². The van der Waals surface area contributed by atoms with Gasteiger partial charge in [-0.05, 0) is 11.1 Å². The highest BCUT2D eigenvalue weighted by molar-refractivity contribution is 9.08. The van der Waals surface area contributed by atoms with Crippen LogP contribution in [-0.4, -0.2) is 31.8 Å². The first kappa shape index (κ1) is 13.5. The van der Waals surface area contributed by atoms with Gasteiger partial charge in [-0.1, -0.05) is 40.2 Å². The number of nitrogens with one attached hydrogen (secondary N) is 1. The molecule has 0 spiro atoms. The molecule has 0 aliphatic carbocycles. The highest BCUT2D eigenvalue weighted by Crippen LogP contribution is 2.08. The number of halogens is 1. The minimum absolute atomic E-state index is 0.112. The third-order valence-corrected chi connectivity index (χ3v) is 3.40. The van der Waals surface area contributed by atoms with Gasteiger partial charge in [-0.15, -0.1) is 0 Å². The van der Waals surface area contributed by atoms with Crippen molar-refractivity contribution >= 4 is 21.8 Å². The van der Waals surface area contributed by atoms with Crippen LogP contribution in [0.1, 0.15) is 11.1 Å². The Kier molecular flexibility index (Phi) is 5.16. The Morgan fingerprint density at radius 3 is 2.61 bits per heavy atom. The van der Waals surface area contributed by atoms with Crippen molar-refractivity contribution in [3.63, 3.8) is 0 Å². The SMILES string of the molecule is O=C(NCc1ccc(CBr)cc1)C1COCCO1. The summed E-state index contributed by atoms with van der Waals surface area (Å²) in [7, 11) is 0. The Morgan fingerprint density at radius 1 is 1.28 bits per heavy atom. The summed E-state index contributed by atoms with van der Waals surface area (Å²) in [6.07, 6.45) is -0.472. The molecule has 0 bridgehead atoms. The van der Waals surface area contributed by atoms with Crippen LogP contribution in [0.4, 0.5) is 0 Å². The molecule has 4 nitrogen and oxygen atoms in total. The van der Waals surface area contributed by atoms with Gasteiger partial charge in [0.05, 0.1) is 19.8 Å². The zero-order valence-electron chi connectivity index (χ0n) is 10.0. The van der Waals surface area contributed by atoms with Gasteiger partial charge in [-0.3, -0.25) is 4.79 Å². The second kappa shape index (κ2) is 6.87. The van der Waals surface area contributed by atoms with Gasteiger partial charge in [0.25, 0.3) is 5.91 Å². The van der Waals surface area contributed by atoms with E-state index in [1.54, 1.807) is 0 Å². The molecular formula is C13H16BrNO3. The Balaban J connectivity index is 1.80. The van der Waals surface area contributed by atoms with Crippen molar-refractivity contribution in [1.82, 2.24) is 5.32 Å². The summed E-state index contributed by atoms with van der Waals surface area (Å²) in [5, 5.41) is 3.69. The zero-order valence-corrected chi connectivity index (χ0v) is 11.6. The maximum atomic E-state index is 11.8. The smallest absolute Gasteiger partial charge is 0.251 e.